The number of rotatable bonds is 3. The predicted molar refractivity (Wildman–Crippen MR) is 99.9 cm³/mol. The van der Waals surface area contributed by atoms with Crippen molar-refractivity contribution in [3.8, 4) is 0 Å². The Labute approximate surface area is 154 Å². The first-order chi connectivity index (χ1) is 11.0. The van der Waals surface area contributed by atoms with Crippen molar-refractivity contribution in [3.05, 3.63) is 73.7 Å². The number of allylic oxidation sites excluding steroid dienone is 1. The molecule has 1 atom stereocenters. The van der Waals surface area contributed by atoms with Crippen molar-refractivity contribution in [2.24, 2.45) is 5.10 Å². The van der Waals surface area contributed by atoms with Crippen LogP contribution in [0.3, 0.4) is 0 Å². The van der Waals surface area contributed by atoms with Crippen LogP contribution < -0.4 is 5.43 Å². The molecule has 0 saturated carbocycles. The van der Waals surface area contributed by atoms with Crippen molar-refractivity contribution in [1.82, 2.24) is 5.43 Å². The van der Waals surface area contributed by atoms with Gasteiger partial charge in [-0.05, 0) is 41.5 Å². The number of nitrogens with one attached hydrogen (secondary N) is 1. The molecule has 23 heavy (non-hydrogen) atoms. The molecule has 1 aliphatic heterocycles. The topological polar surface area (TPSA) is 24.4 Å². The van der Waals surface area contributed by atoms with E-state index in [1.807, 2.05) is 36.4 Å². The summed E-state index contributed by atoms with van der Waals surface area (Å²) in [6.45, 7) is 0. The normalized spacial score (nSPS) is 17.4. The van der Waals surface area contributed by atoms with Crippen LogP contribution in [0, 0.1) is 0 Å². The van der Waals surface area contributed by atoms with Crippen molar-refractivity contribution >= 4 is 58.2 Å². The van der Waals surface area contributed by atoms with Crippen molar-refractivity contribution in [2.45, 2.75) is 12.5 Å². The van der Waals surface area contributed by atoms with Gasteiger partial charge in [-0.15, -0.1) is 0 Å². The fourth-order valence-electron chi connectivity index (χ4n) is 2.30. The van der Waals surface area contributed by atoms with E-state index < -0.39 is 0 Å². The highest BCUT2D eigenvalue weighted by molar-refractivity contribution is 6.42. The van der Waals surface area contributed by atoms with E-state index in [1.54, 1.807) is 12.1 Å². The molecule has 6 heteroatoms. The van der Waals surface area contributed by atoms with Crippen LogP contribution in [0.4, 0.5) is 0 Å². The zero-order chi connectivity index (χ0) is 16.4. The van der Waals surface area contributed by atoms with Crippen molar-refractivity contribution in [1.29, 1.82) is 0 Å². The molecule has 0 radical (unpaired) electrons. The minimum Gasteiger partial charge on any atom is -0.302 e. The van der Waals surface area contributed by atoms with Gasteiger partial charge in [-0.25, -0.2) is 0 Å². The summed E-state index contributed by atoms with van der Waals surface area (Å²) in [6.07, 6.45) is 4.69. The van der Waals surface area contributed by atoms with Gasteiger partial charge in [-0.3, -0.25) is 0 Å². The molecule has 1 heterocycles. The van der Waals surface area contributed by atoms with Gasteiger partial charge in [-0.1, -0.05) is 64.6 Å². The van der Waals surface area contributed by atoms with Gasteiger partial charge in [0.1, 0.15) is 0 Å². The second-order valence-electron chi connectivity index (χ2n) is 5.17. The Morgan fingerprint density at radius 3 is 2.26 bits per heavy atom. The zero-order valence-electron chi connectivity index (χ0n) is 11.9. The Morgan fingerprint density at radius 2 is 1.57 bits per heavy atom. The average Bonchev–Trinajstić information content (AvgIpc) is 3.00. The number of hydrazone groups is 1. The van der Waals surface area contributed by atoms with Gasteiger partial charge in [0, 0.05) is 6.42 Å². The smallest absolute Gasteiger partial charge is 0.0746 e. The fraction of sp³-hybridized carbons (Fsp3) is 0.118. The lowest BCUT2D eigenvalue weighted by atomic mass is 10.0. The van der Waals surface area contributed by atoms with Crippen LogP contribution in [0.25, 0.3) is 6.08 Å². The third-order valence-corrected chi connectivity index (χ3v) is 5.01. The summed E-state index contributed by atoms with van der Waals surface area (Å²) in [5.41, 5.74) is 6.09. The van der Waals surface area contributed by atoms with Crippen molar-refractivity contribution < 1.29 is 0 Å². The summed E-state index contributed by atoms with van der Waals surface area (Å²) in [5.74, 6) is 0. The molecule has 2 aromatic carbocycles. The van der Waals surface area contributed by atoms with E-state index in [0.29, 0.717) is 20.1 Å². The zero-order valence-corrected chi connectivity index (χ0v) is 14.9. The van der Waals surface area contributed by atoms with Crippen LogP contribution >= 0.6 is 46.4 Å². The summed E-state index contributed by atoms with van der Waals surface area (Å²) in [6, 6.07) is 11.2. The van der Waals surface area contributed by atoms with Gasteiger partial charge >= 0.3 is 0 Å². The maximum absolute atomic E-state index is 6.06. The molecule has 0 bridgehead atoms. The van der Waals surface area contributed by atoms with Crippen LogP contribution in [0.15, 0.2) is 47.6 Å². The quantitative estimate of drug-likeness (QED) is 0.648. The summed E-state index contributed by atoms with van der Waals surface area (Å²) in [5, 5.41) is 6.52. The molecular weight excluding hydrogens is 374 g/mol. The second kappa shape index (κ2) is 7.14. The van der Waals surface area contributed by atoms with Gasteiger partial charge in [0.05, 0.1) is 31.8 Å². The molecule has 0 unspecified atom stereocenters. The monoisotopic (exact) mass is 384 g/mol. The number of hydrogen-bond acceptors (Lipinski definition) is 2. The average molecular weight is 386 g/mol. The van der Waals surface area contributed by atoms with E-state index in [2.05, 4.69) is 10.5 Å². The van der Waals surface area contributed by atoms with Gasteiger partial charge in [-0.2, -0.15) is 5.10 Å². The van der Waals surface area contributed by atoms with Crippen LogP contribution in [-0.2, 0) is 0 Å². The molecule has 0 aliphatic carbocycles. The SMILES string of the molecule is Clc1ccc(/C=C/C2=NN[C@@H](c3ccc(Cl)c(Cl)c3)C2)cc1Cl. The largest absolute Gasteiger partial charge is 0.302 e. The Morgan fingerprint density at radius 1 is 0.870 bits per heavy atom. The molecule has 0 aromatic heterocycles. The lowest BCUT2D eigenvalue weighted by molar-refractivity contribution is 0.620. The van der Waals surface area contributed by atoms with Crippen LogP contribution in [-0.4, -0.2) is 5.71 Å². The molecular formula is C17H12Cl4N2. The third-order valence-electron chi connectivity index (χ3n) is 3.54. The van der Waals surface area contributed by atoms with E-state index >= 15 is 0 Å². The maximum atomic E-state index is 6.06. The number of nitrogens with zero attached hydrogens (tertiary/aromatic N) is 1. The standard InChI is InChI=1S/C17H12Cl4N2/c18-13-5-2-10(7-15(13)20)1-4-12-9-17(23-22-12)11-3-6-14(19)16(21)8-11/h1-8,17,23H,9H2/b4-1+/t17-/m1/s1. The molecule has 118 valence electrons. The van der Waals surface area contributed by atoms with Crippen LogP contribution in [0.1, 0.15) is 23.6 Å². The Bertz CT molecular complexity index is 799. The highest BCUT2D eigenvalue weighted by Gasteiger charge is 2.19. The number of halogens is 4. The van der Waals surface area contributed by atoms with Crippen LogP contribution in [0.2, 0.25) is 20.1 Å². The van der Waals surface area contributed by atoms with E-state index in [0.717, 1.165) is 23.3 Å². The number of hydrogen-bond donors (Lipinski definition) is 1. The fourth-order valence-corrected chi connectivity index (χ4v) is 2.91. The Balaban J connectivity index is 1.68. The second-order valence-corrected chi connectivity index (χ2v) is 6.80. The molecule has 2 nitrogen and oxygen atoms in total. The number of benzene rings is 2. The molecule has 0 spiro atoms. The van der Waals surface area contributed by atoms with E-state index in [-0.39, 0.29) is 6.04 Å². The molecule has 1 aliphatic rings. The first-order valence-corrected chi connectivity index (χ1v) is 8.44. The van der Waals surface area contributed by atoms with Crippen LogP contribution in [0.5, 0.6) is 0 Å². The first-order valence-electron chi connectivity index (χ1n) is 6.93. The Hall–Kier alpha value is -1.19. The summed E-state index contributed by atoms with van der Waals surface area (Å²) in [4.78, 5) is 0. The highest BCUT2D eigenvalue weighted by Crippen LogP contribution is 2.29. The molecule has 0 fully saturated rings. The molecule has 0 saturated heterocycles. The molecule has 3 rings (SSSR count). The van der Waals surface area contributed by atoms with E-state index in [9.17, 15) is 0 Å². The molecule has 1 N–H and O–H groups in total. The molecule has 0 amide bonds. The van der Waals surface area contributed by atoms with Gasteiger partial charge in [0.25, 0.3) is 0 Å². The minimum absolute atomic E-state index is 0.0956. The van der Waals surface area contributed by atoms with Gasteiger partial charge < -0.3 is 5.43 Å². The summed E-state index contributed by atoms with van der Waals surface area (Å²) >= 11 is 23.9. The summed E-state index contributed by atoms with van der Waals surface area (Å²) in [7, 11) is 0. The Kier molecular flexibility index (Phi) is 5.17. The van der Waals surface area contributed by atoms with E-state index in [4.69, 9.17) is 46.4 Å². The molecule has 2 aromatic rings. The lowest BCUT2D eigenvalue weighted by Gasteiger charge is -2.10. The van der Waals surface area contributed by atoms with Gasteiger partial charge in [0.15, 0.2) is 0 Å². The van der Waals surface area contributed by atoms with Gasteiger partial charge in [0.2, 0.25) is 0 Å². The van der Waals surface area contributed by atoms with Crippen molar-refractivity contribution in [3.63, 3.8) is 0 Å². The lowest BCUT2D eigenvalue weighted by Crippen LogP contribution is -2.09. The maximum Gasteiger partial charge on any atom is 0.0746 e. The minimum atomic E-state index is 0.0956. The first kappa shape index (κ1) is 16.7. The predicted octanol–water partition coefficient (Wildman–Crippen LogP) is 6.40. The highest BCUT2D eigenvalue weighted by atomic mass is 35.5. The third kappa shape index (κ3) is 4.02. The van der Waals surface area contributed by atoms with E-state index in [1.165, 1.54) is 0 Å². The summed E-state index contributed by atoms with van der Waals surface area (Å²) < 4.78 is 0. The van der Waals surface area contributed by atoms with Crippen molar-refractivity contribution in [2.75, 3.05) is 0 Å².